The molecule has 30 heavy (non-hydrogen) atoms. The summed E-state index contributed by atoms with van der Waals surface area (Å²) in [6.45, 7) is 5.11. The summed E-state index contributed by atoms with van der Waals surface area (Å²) in [4.78, 5) is 25.2. The Balaban J connectivity index is 1.47. The molecule has 2 aromatic rings. The van der Waals surface area contributed by atoms with Crippen LogP contribution in [0.15, 0.2) is 34.2 Å². The Bertz CT molecular complexity index is 990. The van der Waals surface area contributed by atoms with Gasteiger partial charge in [-0.2, -0.15) is 0 Å². The lowest BCUT2D eigenvalue weighted by molar-refractivity contribution is 0.188. The van der Waals surface area contributed by atoms with Gasteiger partial charge >= 0.3 is 0 Å². The third-order valence-electron chi connectivity index (χ3n) is 6.31. The number of aromatic nitrogens is 2. The Morgan fingerprint density at radius 3 is 2.73 bits per heavy atom. The first-order valence-electron chi connectivity index (χ1n) is 10.8. The van der Waals surface area contributed by atoms with Crippen molar-refractivity contribution in [1.29, 1.82) is 0 Å². The van der Waals surface area contributed by atoms with Gasteiger partial charge in [-0.15, -0.1) is 0 Å². The van der Waals surface area contributed by atoms with E-state index in [0.717, 1.165) is 80.1 Å². The molecular formula is C23H30N4O3. The number of benzene rings is 1. The summed E-state index contributed by atoms with van der Waals surface area (Å²) in [5, 5.41) is 14.5. The predicted molar refractivity (Wildman–Crippen MR) is 116 cm³/mol. The molecule has 0 spiro atoms. The highest BCUT2D eigenvalue weighted by molar-refractivity contribution is 6.04. The average Bonchev–Trinajstić information content (AvgIpc) is 2.76. The number of fused-ring (bicyclic) bond motifs is 1. The summed E-state index contributed by atoms with van der Waals surface area (Å²) < 4.78 is 1.88. The smallest absolute Gasteiger partial charge is 0.258 e. The minimum Gasteiger partial charge on any atom is -0.507 e. The SMILES string of the molecule is CO/N=C(\c1ccccc1O)C1CCN(Cc2c(C)nc3n(c2=O)CCCC3)CC1. The van der Waals surface area contributed by atoms with Gasteiger partial charge < -0.3 is 9.94 Å². The maximum atomic E-state index is 13.0. The Kier molecular flexibility index (Phi) is 6.18. The van der Waals surface area contributed by atoms with Gasteiger partial charge in [0.15, 0.2) is 0 Å². The van der Waals surface area contributed by atoms with E-state index >= 15 is 0 Å². The number of phenols is 1. The molecule has 160 valence electrons. The molecule has 1 aromatic carbocycles. The molecule has 0 radical (unpaired) electrons. The molecule has 0 aliphatic carbocycles. The summed E-state index contributed by atoms with van der Waals surface area (Å²) in [5.41, 5.74) is 3.35. The van der Waals surface area contributed by atoms with E-state index in [9.17, 15) is 9.90 Å². The molecule has 0 bridgehead atoms. The average molecular weight is 411 g/mol. The number of nitrogens with zero attached hydrogens (tertiary/aromatic N) is 4. The monoisotopic (exact) mass is 410 g/mol. The van der Waals surface area contributed by atoms with Crippen LogP contribution in [0.4, 0.5) is 0 Å². The van der Waals surface area contributed by atoms with Crippen molar-refractivity contribution in [2.24, 2.45) is 11.1 Å². The summed E-state index contributed by atoms with van der Waals surface area (Å²) in [5.74, 6) is 1.37. The highest BCUT2D eigenvalue weighted by Crippen LogP contribution is 2.28. The number of hydrogen-bond acceptors (Lipinski definition) is 6. The largest absolute Gasteiger partial charge is 0.507 e. The van der Waals surface area contributed by atoms with Crippen molar-refractivity contribution in [3.8, 4) is 5.75 Å². The van der Waals surface area contributed by atoms with Gasteiger partial charge in [0.05, 0.1) is 11.3 Å². The minimum absolute atomic E-state index is 0.134. The van der Waals surface area contributed by atoms with Crippen molar-refractivity contribution in [3.63, 3.8) is 0 Å². The second-order valence-electron chi connectivity index (χ2n) is 8.23. The fourth-order valence-corrected chi connectivity index (χ4v) is 4.63. The van der Waals surface area contributed by atoms with Gasteiger partial charge in [-0.05, 0) is 57.8 Å². The van der Waals surface area contributed by atoms with Crippen molar-refractivity contribution in [3.05, 3.63) is 57.3 Å². The number of likely N-dealkylation sites (tertiary alicyclic amines) is 1. The fourth-order valence-electron chi connectivity index (χ4n) is 4.63. The molecule has 7 nitrogen and oxygen atoms in total. The van der Waals surface area contributed by atoms with Gasteiger partial charge in [-0.3, -0.25) is 14.3 Å². The second kappa shape index (κ2) is 9.00. The molecular weight excluding hydrogens is 380 g/mol. The van der Waals surface area contributed by atoms with Crippen LogP contribution < -0.4 is 5.56 Å². The van der Waals surface area contributed by atoms with Crippen molar-refractivity contribution >= 4 is 5.71 Å². The zero-order valence-electron chi connectivity index (χ0n) is 17.8. The Morgan fingerprint density at radius 2 is 2.00 bits per heavy atom. The van der Waals surface area contributed by atoms with E-state index in [4.69, 9.17) is 9.82 Å². The molecule has 1 fully saturated rings. The maximum absolute atomic E-state index is 13.0. The number of hydrogen-bond donors (Lipinski definition) is 1. The van der Waals surface area contributed by atoms with E-state index in [1.807, 2.05) is 23.6 Å². The van der Waals surface area contributed by atoms with Gasteiger partial charge in [0.1, 0.15) is 18.7 Å². The van der Waals surface area contributed by atoms with E-state index in [-0.39, 0.29) is 17.2 Å². The second-order valence-corrected chi connectivity index (χ2v) is 8.23. The molecule has 2 aliphatic heterocycles. The van der Waals surface area contributed by atoms with Crippen molar-refractivity contribution < 1.29 is 9.94 Å². The maximum Gasteiger partial charge on any atom is 0.258 e. The Labute approximate surface area is 177 Å². The van der Waals surface area contributed by atoms with E-state index in [2.05, 4.69) is 10.1 Å². The third kappa shape index (κ3) is 4.12. The number of rotatable bonds is 5. The highest BCUT2D eigenvalue weighted by atomic mass is 16.6. The predicted octanol–water partition coefficient (Wildman–Crippen LogP) is 2.86. The molecule has 0 unspecified atom stereocenters. The van der Waals surface area contributed by atoms with Gasteiger partial charge in [-0.1, -0.05) is 17.3 Å². The van der Waals surface area contributed by atoms with Gasteiger partial charge in [-0.25, -0.2) is 4.98 Å². The molecule has 4 rings (SSSR count). The van der Waals surface area contributed by atoms with Crippen LogP contribution in [0.3, 0.4) is 0 Å². The van der Waals surface area contributed by atoms with Crippen molar-refractivity contribution in [2.75, 3.05) is 20.2 Å². The quantitative estimate of drug-likeness (QED) is 0.606. The van der Waals surface area contributed by atoms with Crippen LogP contribution in [-0.4, -0.2) is 45.5 Å². The molecule has 1 saturated heterocycles. The van der Waals surface area contributed by atoms with Gasteiger partial charge in [0, 0.05) is 36.7 Å². The van der Waals surface area contributed by atoms with E-state index in [1.54, 1.807) is 12.1 Å². The highest BCUT2D eigenvalue weighted by Gasteiger charge is 2.27. The minimum atomic E-state index is 0.134. The summed E-state index contributed by atoms with van der Waals surface area (Å²) in [6.07, 6.45) is 4.86. The molecule has 1 aromatic heterocycles. The van der Waals surface area contributed by atoms with Gasteiger partial charge in [0.25, 0.3) is 5.56 Å². The van der Waals surface area contributed by atoms with E-state index < -0.39 is 0 Å². The lowest BCUT2D eigenvalue weighted by Gasteiger charge is -2.32. The molecule has 1 N–H and O–H groups in total. The number of phenolic OH excluding ortho intramolecular Hbond substituents is 1. The molecule has 0 amide bonds. The lowest BCUT2D eigenvalue weighted by Crippen LogP contribution is -2.39. The number of para-hydroxylation sites is 1. The molecule has 2 aliphatic rings. The number of aromatic hydroxyl groups is 1. The lowest BCUT2D eigenvalue weighted by atomic mass is 9.87. The summed E-state index contributed by atoms with van der Waals surface area (Å²) in [7, 11) is 1.54. The van der Waals surface area contributed by atoms with Crippen molar-refractivity contribution in [2.45, 2.75) is 52.1 Å². The third-order valence-corrected chi connectivity index (χ3v) is 6.31. The van der Waals surface area contributed by atoms with Gasteiger partial charge in [0.2, 0.25) is 0 Å². The first-order valence-corrected chi connectivity index (χ1v) is 10.8. The summed E-state index contributed by atoms with van der Waals surface area (Å²) >= 11 is 0. The standard InChI is InChI=1S/C23H30N4O3/c1-16-19(23(29)27-12-6-5-9-21(27)24-16)15-26-13-10-17(11-14-26)22(25-30-2)18-7-3-4-8-20(18)28/h3-4,7-8,17,28H,5-6,9-15H2,1-2H3/b25-22-. The first-order chi connectivity index (χ1) is 14.6. The van der Waals surface area contributed by atoms with Crippen LogP contribution in [0, 0.1) is 12.8 Å². The first kappa shape index (κ1) is 20.6. The van der Waals surface area contributed by atoms with Crippen LogP contribution in [0.1, 0.15) is 48.3 Å². The normalized spacial score (nSPS) is 18.3. The van der Waals surface area contributed by atoms with Crippen LogP contribution in [0.25, 0.3) is 0 Å². The molecule has 0 saturated carbocycles. The van der Waals surface area contributed by atoms with E-state index in [0.29, 0.717) is 6.54 Å². The molecule has 7 heteroatoms. The molecule has 3 heterocycles. The zero-order valence-corrected chi connectivity index (χ0v) is 17.8. The zero-order chi connectivity index (χ0) is 21.1. The topological polar surface area (TPSA) is 80.0 Å². The van der Waals surface area contributed by atoms with Crippen LogP contribution in [0.5, 0.6) is 5.75 Å². The molecule has 0 atom stereocenters. The fraction of sp³-hybridized carbons (Fsp3) is 0.522. The number of aryl methyl sites for hydroxylation is 2. The van der Waals surface area contributed by atoms with Crippen LogP contribution in [-0.2, 0) is 24.3 Å². The number of piperidine rings is 1. The van der Waals surface area contributed by atoms with Crippen molar-refractivity contribution in [1.82, 2.24) is 14.5 Å². The number of oxime groups is 1. The summed E-state index contributed by atoms with van der Waals surface area (Å²) in [6, 6.07) is 7.26. The Morgan fingerprint density at radius 1 is 1.23 bits per heavy atom. The van der Waals surface area contributed by atoms with Crippen LogP contribution in [0.2, 0.25) is 0 Å². The van der Waals surface area contributed by atoms with E-state index in [1.165, 1.54) is 7.11 Å². The van der Waals surface area contributed by atoms with Crippen LogP contribution >= 0.6 is 0 Å². The Hall–Kier alpha value is -2.67.